The van der Waals surface area contributed by atoms with Gasteiger partial charge in [-0.15, -0.1) is 11.3 Å². The molecule has 1 aromatic rings. The molecule has 0 saturated heterocycles. The molecule has 0 amide bonds. The number of hydrogen-bond acceptors (Lipinski definition) is 4. The van der Waals surface area contributed by atoms with E-state index >= 15 is 0 Å². The molecule has 0 unspecified atom stereocenters. The topological polar surface area (TPSA) is 52.3 Å². The lowest BCUT2D eigenvalue weighted by molar-refractivity contribution is -0.158. The van der Waals surface area contributed by atoms with Crippen molar-refractivity contribution in [2.24, 2.45) is 11.1 Å². The minimum absolute atomic E-state index is 0.104. The second kappa shape index (κ2) is 5.65. The number of thiophene rings is 1. The Balaban J connectivity index is 1.93. The molecule has 2 rings (SSSR count). The van der Waals surface area contributed by atoms with Gasteiger partial charge in [-0.25, -0.2) is 0 Å². The van der Waals surface area contributed by atoms with Gasteiger partial charge in [0, 0.05) is 11.4 Å². The Morgan fingerprint density at radius 3 is 2.76 bits per heavy atom. The van der Waals surface area contributed by atoms with Crippen molar-refractivity contribution in [3.63, 3.8) is 0 Å². The molecule has 1 aliphatic rings. The van der Waals surface area contributed by atoms with E-state index in [1.54, 1.807) is 11.3 Å². The number of rotatable bonds is 4. The van der Waals surface area contributed by atoms with E-state index in [1.807, 2.05) is 17.5 Å². The standard InChI is InChI=1S/C13H19NO2S/c14-10-13(6-2-1-3-7-13)12(15)16-9-11-5-4-8-17-11/h4-5,8H,1-3,6-7,9-10,14H2. The zero-order valence-corrected chi connectivity index (χ0v) is 10.8. The van der Waals surface area contributed by atoms with Crippen LogP contribution in [0.25, 0.3) is 0 Å². The molecule has 0 aromatic carbocycles. The fourth-order valence-electron chi connectivity index (χ4n) is 2.40. The molecule has 1 heterocycles. The van der Waals surface area contributed by atoms with E-state index < -0.39 is 5.41 Å². The third-order valence-corrected chi connectivity index (χ3v) is 4.41. The fourth-order valence-corrected chi connectivity index (χ4v) is 3.02. The average molecular weight is 253 g/mol. The van der Waals surface area contributed by atoms with Crippen molar-refractivity contribution in [3.05, 3.63) is 22.4 Å². The second-order valence-corrected chi connectivity index (χ2v) is 5.73. The molecule has 0 spiro atoms. The van der Waals surface area contributed by atoms with Crippen molar-refractivity contribution in [1.82, 2.24) is 0 Å². The largest absolute Gasteiger partial charge is 0.460 e. The van der Waals surface area contributed by atoms with E-state index in [0.29, 0.717) is 13.2 Å². The molecule has 0 bridgehead atoms. The highest BCUT2D eigenvalue weighted by molar-refractivity contribution is 7.09. The maximum absolute atomic E-state index is 12.1. The maximum atomic E-state index is 12.1. The summed E-state index contributed by atoms with van der Waals surface area (Å²) >= 11 is 1.61. The maximum Gasteiger partial charge on any atom is 0.313 e. The Labute approximate surface area is 106 Å². The van der Waals surface area contributed by atoms with Crippen LogP contribution in [0, 0.1) is 5.41 Å². The molecule has 94 valence electrons. The van der Waals surface area contributed by atoms with Crippen LogP contribution in [0.4, 0.5) is 0 Å². The third kappa shape index (κ3) is 2.87. The Hall–Kier alpha value is -0.870. The van der Waals surface area contributed by atoms with Crippen molar-refractivity contribution in [3.8, 4) is 0 Å². The first kappa shape index (κ1) is 12.6. The third-order valence-electron chi connectivity index (χ3n) is 3.56. The van der Waals surface area contributed by atoms with Gasteiger partial charge in [-0.1, -0.05) is 25.3 Å². The minimum atomic E-state index is -0.407. The summed E-state index contributed by atoms with van der Waals surface area (Å²) in [5.74, 6) is -0.104. The Kier molecular flexibility index (Phi) is 4.18. The van der Waals surface area contributed by atoms with Gasteiger partial charge in [-0.3, -0.25) is 4.79 Å². The lowest BCUT2D eigenvalue weighted by Crippen LogP contribution is -2.41. The van der Waals surface area contributed by atoms with Gasteiger partial charge in [0.2, 0.25) is 0 Å². The highest BCUT2D eigenvalue weighted by atomic mass is 32.1. The smallest absolute Gasteiger partial charge is 0.313 e. The highest BCUT2D eigenvalue weighted by Gasteiger charge is 2.39. The van der Waals surface area contributed by atoms with Crippen LogP contribution >= 0.6 is 11.3 Å². The molecule has 0 aliphatic heterocycles. The zero-order chi connectivity index (χ0) is 12.1. The summed E-state index contributed by atoms with van der Waals surface area (Å²) < 4.78 is 5.41. The van der Waals surface area contributed by atoms with E-state index in [0.717, 1.165) is 30.6 Å². The van der Waals surface area contributed by atoms with Gasteiger partial charge in [0.25, 0.3) is 0 Å². The van der Waals surface area contributed by atoms with Crippen LogP contribution in [0.5, 0.6) is 0 Å². The van der Waals surface area contributed by atoms with Gasteiger partial charge in [-0.2, -0.15) is 0 Å². The second-order valence-electron chi connectivity index (χ2n) is 4.70. The Bertz CT molecular complexity index is 356. The van der Waals surface area contributed by atoms with Gasteiger partial charge < -0.3 is 10.5 Å². The minimum Gasteiger partial charge on any atom is -0.460 e. The fraction of sp³-hybridized carbons (Fsp3) is 0.615. The van der Waals surface area contributed by atoms with Crippen LogP contribution in [0.3, 0.4) is 0 Å². The number of carbonyl (C=O) groups excluding carboxylic acids is 1. The Morgan fingerprint density at radius 2 is 2.18 bits per heavy atom. The van der Waals surface area contributed by atoms with Gasteiger partial charge in [0.15, 0.2) is 0 Å². The zero-order valence-electron chi connectivity index (χ0n) is 9.98. The van der Waals surface area contributed by atoms with Crippen LogP contribution in [-0.4, -0.2) is 12.5 Å². The predicted molar refractivity (Wildman–Crippen MR) is 68.7 cm³/mol. The first-order chi connectivity index (χ1) is 8.27. The van der Waals surface area contributed by atoms with E-state index in [4.69, 9.17) is 10.5 Å². The summed E-state index contributed by atoms with van der Waals surface area (Å²) in [6, 6.07) is 3.95. The molecule has 4 heteroatoms. The van der Waals surface area contributed by atoms with Crippen LogP contribution in [0.15, 0.2) is 17.5 Å². The van der Waals surface area contributed by atoms with Gasteiger partial charge in [0.1, 0.15) is 6.61 Å². The van der Waals surface area contributed by atoms with E-state index in [1.165, 1.54) is 6.42 Å². The molecule has 17 heavy (non-hydrogen) atoms. The number of ether oxygens (including phenoxy) is 1. The van der Waals surface area contributed by atoms with Crippen molar-refractivity contribution >= 4 is 17.3 Å². The molecule has 1 saturated carbocycles. The first-order valence-electron chi connectivity index (χ1n) is 6.16. The molecular formula is C13H19NO2S. The number of esters is 1. The first-order valence-corrected chi connectivity index (χ1v) is 7.04. The van der Waals surface area contributed by atoms with E-state index in [2.05, 4.69) is 0 Å². The van der Waals surface area contributed by atoms with Crippen LogP contribution in [0.2, 0.25) is 0 Å². The molecule has 1 aliphatic carbocycles. The summed E-state index contributed by atoms with van der Waals surface area (Å²) in [4.78, 5) is 13.2. The normalized spacial score (nSPS) is 18.9. The SMILES string of the molecule is NCC1(C(=O)OCc2cccs2)CCCCC1. The monoisotopic (exact) mass is 253 g/mol. The summed E-state index contributed by atoms with van der Waals surface area (Å²) in [6.45, 7) is 0.800. The van der Waals surface area contributed by atoms with E-state index in [9.17, 15) is 4.79 Å². The molecule has 1 fully saturated rings. The van der Waals surface area contributed by atoms with Crippen LogP contribution < -0.4 is 5.73 Å². The van der Waals surface area contributed by atoms with Gasteiger partial charge in [-0.05, 0) is 24.3 Å². The Morgan fingerprint density at radius 1 is 1.41 bits per heavy atom. The molecule has 0 radical (unpaired) electrons. The van der Waals surface area contributed by atoms with Gasteiger partial charge in [0.05, 0.1) is 5.41 Å². The van der Waals surface area contributed by atoms with Crippen molar-refractivity contribution in [1.29, 1.82) is 0 Å². The van der Waals surface area contributed by atoms with Crippen LogP contribution in [-0.2, 0) is 16.1 Å². The number of hydrogen-bond donors (Lipinski definition) is 1. The molecule has 1 aromatic heterocycles. The summed E-state index contributed by atoms with van der Waals surface area (Å²) in [7, 11) is 0. The summed E-state index contributed by atoms with van der Waals surface area (Å²) in [5.41, 5.74) is 5.38. The van der Waals surface area contributed by atoms with Crippen LogP contribution in [0.1, 0.15) is 37.0 Å². The average Bonchev–Trinajstić information content (AvgIpc) is 2.90. The van der Waals surface area contributed by atoms with Gasteiger partial charge >= 0.3 is 5.97 Å². The highest BCUT2D eigenvalue weighted by Crippen LogP contribution is 2.36. The lowest BCUT2D eigenvalue weighted by Gasteiger charge is -2.33. The summed E-state index contributed by atoms with van der Waals surface area (Å²) in [6.07, 6.45) is 5.15. The van der Waals surface area contributed by atoms with Crippen molar-refractivity contribution < 1.29 is 9.53 Å². The quantitative estimate of drug-likeness (QED) is 0.839. The van der Waals surface area contributed by atoms with E-state index in [-0.39, 0.29) is 5.97 Å². The number of nitrogens with two attached hydrogens (primary N) is 1. The molecular weight excluding hydrogens is 234 g/mol. The van der Waals surface area contributed by atoms with Crippen molar-refractivity contribution in [2.75, 3.05) is 6.54 Å². The predicted octanol–water partition coefficient (Wildman–Crippen LogP) is 2.70. The summed E-state index contributed by atoms with van der Waals surface area (Å²) in [5, 5.41) is 1.99. The van der Waals surface area contributed by atoms with Crippen molar-refractivity contribution in [2.45, 2.75) is 38.7 Å². The molecule has 2 N–H and O–H groups in total. The number of carbonyl (C=O) groups is 1. The molecule has 0 atom stereocenters. The molecule has 3 nitrogen and oxygen atoms in total. The lowest BCUT2D eigenvalue weighted by atomic mass is 9.74.